The van der Waals surface area contributed by atoms with E-state index in [9.17, 15) is 9.59 Å². The summed E-state index contributed by atoms with van der Waals surface area (Å²) in [5.41, 5.74) is 0.636. The Hall–Kier alpha value is -1.95. The van der Waals surface area contributed by atoms with Gasteiger partial charge in [0, 0.05) is 10.6 Å². The summed E-state index contributed by atoms with van der Waals surface area (Å²) in [6.45, 7) is 0.0524. The van der Waals surface area contributed by atoms with Crippen molar-refractivity contribution in [1.82, 2.24) is 0 Å². The van der Waals surface area contributed by atoms with Crippen molar-refractivity contribution < 1.29 is 19.4 Å². The maximum Gasteiger partial charge on any atom is 0.306 e. The van der Waals surface area contributed by atoms with Gasteiger partial charge >= 0.3 is 5.97 Å². The van der Waals surface area contributed by atoms with E-state index in [0.717, 1.165) is 0 Å². The number of amides is 1. The highest BCUT2D eigenvalue weighted by Gasteiger charge is 2.13. The van der Waals surface area contributed by atoms with E-state index in [2.05, 4.69) is 5.32 Å². The van der Waals surface area contributed by atoms with Gasteiger partial charge in [0.1, 0.15) is 5.75 Å². The summed E-state index contributed by atoms with van der Waals surface area (Å²) in [7, 11) is 0. The molecule has 0 saturated carbocycles. The van der Waals surface area contributed by atoms with Crippen LogP contribution in [-0.4, -0.2) is 23.6 Å². The van der Waals surface area contributed by atoms with Crippen LogP contribution in [0.4, 0.5) is 5.69 Å². The molecule has 0 atom stereocenters. The van der Waals surface area contributed by atoms with Crippen LogP contribution in [0.3, 0.4) is 0 Å². The minimum absolute atomic E-state index is 0.0524. The Morgan fingerprint density at radius 2 is 1.62 bits per heavy atom. The van der Waals surface area contributed by atoms with Crippen LogP contribution in [0, 0.1) is 0 Å². The van der Waals surface area contributed by atoms with Gasteiger partial charge in [0.15, 0.2) is 0 Å². The number of benzene rings is 2. The first-order chi connectivity index (χ1) is 11.4. The van der Waals surface area contributed by atoms with Crippen LogP contribution in [0.15, 0.2) is 36.4 Å². The maximum atomic E-state index is 12.2. The van der Waals surface area contributed by atoms with Gasteiger partial charge in [-0.1, -0.05) is 34.8 Å². The Bertz CT molecular complexity index is 739. The van der Waals surface area contributed by atoms with E-state index in [4.69, 9.17) is 44.6 Å². The Kier molecular flexibility index (Phi) is 6.31. The fourth-order valence-corrected chi connectivity index (χ4v) is 2.72. The number of carboxylic acid groups (broad SMARTS) is 1. The van der Waals surface area contributed by atoms with Crippen molar-refractivity contribution >= 4 is 52.4 Å². The number of hydrogen-bond donors (Lipinski definition) is 2. The lowest BCUT2D eigenvalue weighted by atomic mass is 10.2. The van der Waals surface area contributed by atoms with Gasteiger partial charge in [-0.05, 0) is 36.4 Å². The molecule has 2 rings (SSSR count). The van der Waals surface area contributed by atoms with Crippen molar-refractivity contribution in [1.29, 1.82) is 0 Å². The highest BCUT2D eigenvalue weighted by atomic mass is 35.5. The lowest BCUT2D eigenvalue weighted by Crippen LogP contribution is -2.12. The number of carbonyl (C=O) groups is 2. The zero-order valence-electron chi connectivity index (χ0n) is 12.2. The van der Waals surface area contributed by atoms with Crippen molar-refractivity contribution in [3.05, 3.63) is 57.0 Å². The second-order valence-electron chi connectivity index (χ2n) is 4.72. The van der Waals surface area contributed by atoms with Crippen LogP contribution in [0.5, 0.6) is 5.75 Å². The van der Waals surface area contributed by atoms with E-state index in [-0.39, 0.29) is 28.8 Å². The molecule has 126 valence electrons. The molecule has 0 saturated heterocycles. The minimum atomic E-state index is -0.942. The van der Waals surface area contributed by atoms with E-state index < -0.39 is 11.9 Å². The van der Waals surface area contributed by atoms with Gasteiger partial charge in [0.05, 0.1) is 28.8 Å². The predicted octanol–water partition coefficient (Wildman–Crippen LogP) is 4.75. The summed E-state index contributed by atoms with van der Waals surface area (Å²) in [6.07, 6.45) is -0.101. The zero-order valence-corrected chi connectivity index (χ0v) is 14.5. The van der Waals surface area contributed by atoms with Crippen molar-refractivity contribution in [2.24, 2.45) is 0 Å². The lowest BCUT2D eigenvalue weighted by Gasteiger charge is -2.10. The lowest BCUT2D eigenvalue weighted by molar-refractivity contribution is -0.137. The molecule has 0 aliphatic carbocycles. The SMILES string of the molecule is O=C(O)CCOc1ccc(C(=O)Nc2c(Cl)cc(Cl)cc2Cl)cc1. The van der Waals surface area contributed by atoms with Gasteiger partial charge < -0.3 is 15.2 Å². The van der Waals surface area contributed by atoms with Crippen molar-refractivity contribution in [2.45, 2.75) is 6.42 Å². The first kappa shape index (κ1) is 18.4. The van der Waals surface area contributed by atoms with Crippen molar-refractivity contribution in [3.63, 3.8) is 0 Å². The third kappa shape index (κ3) is 5.03. The van der Waals surface area contributed by atoms with E-state index in [1.165, 1.54) is 12.1 Å². The molecular formula is C16H12Cl3NO4. The molecule has 0 spiro atoms. The molecule has 8 heteroatoms. The van der Waals surface area contributed by atoms with Gasteiger partial charge in [-0.3, -0.25) is 9.59 Å². The molecule has 0 fully saturated rings. The van der Waals surface area contributed by atoms with Crippen LogP contribution < -0.4 is 10.1 Å². The molecule has 0 unspecified atom stereocenters. The summed E-state index contributed by atoms with van der Waals surface area (Å²) in [5.74, 6) is -0.878. The zero-order chi connectivity index (χ0) is 17.7. The van der Waals surface area contributed by atoms with E-state index >= 15 is 0 Å². The Morgan fingerprint density at radius 1 is 1.04 bits per heavy atom. The molecule has 0 bridgehead atoms. The highest BCUT2D eigenvalue weighted by molar-refractivity contribution is 6.42. The summed E-state index contributed by atoms with van der Waals surface area (Å²) in [5, 5.41) is 12.0. The third-order valence-corrected chi connectivity index (χ3v) is 3.76. The standard InChI is InChI=1S/C16H12Cl3NO4/c17-10-7-12(18)15(13(19)8-10)20-16(23)9-1-3-11(4-2-9)24-6-5-14(21)22/h1-4,7-8H,5-6H2,(H,20,23)(H,21,22). The Labute approximate surface area is 153 Å². The fourth-order valence-electron chi connectivity index (χ4n) is 1.81. The number of aliphatic carboxylic acids is 1. The number of carboxylic acids is 1. The number of rotatable bonds is 6. The van der Waals surface area contributed by atoms with E-state index in [0.29, 0.717) is 16.3 Å². The molecule has 0 heterocycles. The third-order valence-electron chi connectivity index (χ3n) is 2.95. The van der Waals surface area contributed by atoms with Crippen LogP contribution in [-0.2, 0) is 4.79 Å². The molecule has 0 aliphatic heterocycles. The predicted molar refractivity (Wildman–Crippen MR) is 93.6 cm³/mol. The van der Waals surface area contributed by atoms with Gasteiger partial charge in [-0.25, -0.2) is 0 Å². The Morgan fingerprint density at radius 3 is 2.17 bits per heavy atom. The van der Waals surface area contributed by atoms with Gasteiger partial charge in [-0.2, -0.15) is 0 Å². The van der Waals surface area contributed by atoms with Crippen molar-refractivity contribution in [2.75, 3.05) is 11.9 Å². The second-order valence-corrected chi connectivity index (χ2v) is 5.97. The number of anilines is 1. The molecule has 0 aliphatic rings. The van der Waals surface area contributed by atoms with Gasteiger partial charge in [0.25, 0.3) is 5.91 Å². The molecule has 2 aromatic carbocycles. The topological polar surface area (TPSA) is 75.6 Å². The molecule has 0 radical (unpaired) electrons. The largest absolute Gasteiger partial charge is 0.493 e. The molecule has 0 aromatic heterocycles. The molecule has 24 heavy (non-hydrogen) atoms. The monoisotopic (exact) mass is 387 g/mol. The number of nitrogens with one attached hydrogen (secondary N) is 1. The van der Waals surface area contributed by atoms with E-state index in [1.54, 1.807) is 24.3 Å². The average Bonchev–Trinajstić information content (AvgIpc) is 2.51. The Balaban J connectivity index is 2.04. The minimum Gasteiger partial charge on any atom is -0.493 e. The summed E-state index contributed by atoms with van der Waals surface area (Å²) in [4.78, 5) is 22.7. The smallest absolute Gasteiger partial charge is 0.306 e. The molecule has 1 amide bonds. The summed E-state index contributed by atoms with van der Waals surface area (Å²) in [6, 6.07) is 9.18. The fraction of sp³-hybridized carbons (Fsp3) is 0.125. The summed E-state index contributed by atoms with van der Waals surface area (Å²) < 4.78 is 5.25. The van der Waals surface area contributed by atoms with Crippen LogP contribution >= 0.6 is 34.8 Å². The van der Waals surface area contributed by atoms with Gasteiger partial charge in [0.2, 0.25) is 0 Å². The van der Waals surface area contributed by atoms with Crippen LogP contribution in [0.1, 0.15) is 16.8 Å². The molecule has 5 nitrogen and oxygen atoms in total. The molecule has 2 aromatic rings. The number of carbonyl (C=O) groups excluding carboxylic acids is 1. The summed E-state index contributed by atoms with van der Waals surface area (Å²) >= 11 is 17.9. The maximum absolute atomic E-state index is 12.2. The second kappa shape index (κ2) is 8.24. The number of ether oxygens (including phenoxy) is 1. The highest BCUT2D eigenvalue weighted by Crippen LogP contribution is 2.34. The number of halogens is 3. The van der Waals surface area contributed by atoms with Crippen molar-refractivity contribution in [3.8, 4) is 5.75 Å². The molecule has 2 N–H and O–H groups in total. The normalized spacial score (nSPS) is 10.3. The first-order valence-electron chi connectivity index (χ1n) is 6.77. The molecular weight excluding hydrogens is 377 g/mol. The first-order valence-corrected chi connectivity index (χ1v) is 7.91. The van der Waals surface area contributed by atoms with Crippen LogP contribution in [0.2, 0.25) is 15.1 Å². The van der Waals surface area contributed by atoms with Crippen LogP contribution in [0.25, 0.3) is 0 Å². The average molecular weight is 389 g/mol. The van der Waals surface area contributed by atoms with E-state index in [1.807, 2.05) is 0 Å². The number of hydrogen-bond acceptors (Lipinski definition) is 3. The van der Waals surface area contributed by atoms with Gasteiger partial charge in [-0.15, -0.1) is 0 Å². The quantitative estimate of drug-likeness (QED) is 0.748.